The summed E-state index contributed by atoms with van der Waals surface area (Å²) in [6.45, 7) is 1.75. The number of hydrogen-bond acceptors (Lipinski definition) is 7. The third-order valence-electron chi connectivity index (χ3n) is 2.94. The minimum atomic E-state index is -0.263. The number of nitrogens with one attached hydrogen (secondary N) is 1. The molecule has 6 nitrogen and oxygen atoms in total. The number of benzene rings is 1. The zero-order valence-corrected chi connectivity index (χ0v) is 14.3. The Labute approximate surface area is 145 Å². The molecule has 1 N–H and O–H groups in total. The Hall–Kier alpha value is -2.26. The van der Waals surface area contributed by atoms with Crippen LogP contribution in [0.5, 0.6) is 0 Å². The number of carbonyl (C=O) groups is 1. The standard InChI is InChI=1S/C15H13FN4O2S2/c1-9-6-12(20-22-9)17-13(21)8-23-15-19-18-14(24-15)7-10-2-4-11(16)5-3-10/h2-6H,7-8H2,1H3,(H,17,20,21). The van der Waals surface area contributed by atoms with Crippen molar-refractivity contribution in [3.05, 3.63) is 52.5 Å². The van der Waals surface area contributed by atoms with Crippen LogP contribution in [0.15, 0.2) is 39.2 Å². The van der Waals surface area contributed by atoms with Gasteiger partial charge in [0.15, 0.2) is 10.2 Å². The molecule has 2 aromatic heterocycles. The van der Waals surface area contributed by atoms with Crippen LogP contribution in [0.25, 0.3) is 0 Å². The number of anilines is 1. The molecule has 124 valence electrons. The molecule has 0 aliphatic carbocycles. The van der Waals surface area contributed by atoms with E-state index in [2.05, 4.69) is 20.7 Å². The second-order valence-corrected chi connectivity index (χ2v) is 7.21. The Kier molecular flexibility index (Phi) is 5.21. The van der Waals surface area contributed by atoms with E-state index in [1.165, 1.54) is 35.2 Å². The summed E-state index contributed by atoms with van der Waals surface area (Å²) in [6, 6.07) is 7.92. The van der Waals surface area contributed by atoms with E-state index >= 15 is 0 Å². The van der Waals surface area contributed by atoms with E-state index < -0.39 is 0 Å². The molecule has 9 heteroatoms. The van der Waals surface area contributed by atoms with Gasteiger partial charge in [0.25, 0.3) is 0 Å². The number of nitrogens with zero attached hydrogens (tertiary/aromatic N) is 3. The van der Waals surface area contributed by atoms with Gasteiger partial charge < -0.3 is 9.84 Å². The maximum atomic E-state index is 12.9. The quantitative estimate of drug-likeness (QED) is 0.676. The lowest BCUT2D eigenvalue weighted by molar-refractivity contribution is -0.113. The van der Waals surface area contributed by atoms with Gasteiger partial charge in [0.1, 0.15) is 16.6 Å². The Morgan fingerprint density at radius 2 is 2.12 bits per heavy atom. The van der Waals surface area contributed by atoms with Crippen LogP contribution in [-0.4, -0.2) is 27.0 Å². The van der Waals surface area contributed by atoms with E-state index in [-0.39, 0.29) is 17.5 Å². The number of rotatable bonds is 6. The van der Waals surface area contributed by atoms with Gasteiger partial charge in [-0.05, 0) is 24.6 Å². The van der Waals surface area contributed by atoms with Crippen molar-refractivity contribution in [2.45, 2.75) is 17.7 Å². The molecule has 3 rings (SSSR count). The predicted octanol–water partition coefficient (Wildman–Crippen LogP) is 3.30. The van der Waals surface area contributed by atoms with Crippen molar-refractivity contribution < 1.29 is 13.7 Å². The summed E-state index contributed by atoms with van der Waals surface area (Å²) in [5.74, 6) is 0.779. The number of amides is 1. The fraction of sp³-hybridized carbons (Fsp3) is 0.200. The summed E-state index contributed by atoms with van der Waals surface area (Å²) >= 11 is 2.72. The molecular formula is C15H13FN4O2S2. The Balaban J connectivity index is 1.50. The van der Waals surface area contributed by atoms with Gasteiger partial charge in [0.05, 0.1) is 5.75 Å². The number of hydrogen-bond donors (Lipinski definition) is 1. The molecule has 1 amide bonds. The molecule has 0 saturated carbocycles. The predicted molar refractivity (Wildman–Crippen MR) is 89.7 cm³/mol. The SMILES string of the molecule is Cc1cc(NC(=O)CSc2nnc(Cc3ccc(F)cc3)s2)no1. The Bertz CT molecular complexity index is 832. The summed E-state index contributed by atoms with van der Waals surface area (Å²) in [5, 5.41) is 15.3. The summed E-state index contributed by atoms with van der Waals surface area (Å²) < 4.78 is 18.5. The maximum absolute atomic E-state index is 12.9. The van der Waals surface area contributed by atoms with Gasteiger partial charge in [-0.1, -0.05) is 40.4 Å². The summed E-state index contributed by atoms with van der Waals surface area (Å²) in [6.07, 6.45) is 0.586. The molecule has 0 spiro atoms. The van der Waals surface area contributed by atoms with Crippen LogP contribution in [0.4, 0.5) is 10.2 Å². The largest absolute Gasteiger partial charge is 0.360 e. The van der Waals surface area contributed by atoms with E-state index in [4.69, 9.17) is 4.52 Å². The van der Waals surface area contributed by atoms with Gasteiger partial charge in [0, 0.05) is 12.5 Å². The van der Waals surface area contributed by atoms with Crippen LogP contribution in [0.3, 0.4) is 0 Å². The van der Waals surface area contributed by atoms with Gasteiger partial charge in [-0.15, -0.1) is 10.2 Å². The molecule has 0 fully saturated rings. The lowest BCUT2D eigenvalue weighted by atomic mass is 10.2. The molecule has 3 aromatic rings. The zero-order valence-electron chi connectivity index (χ0n) is 12.7. The lowest BCUT2D eigenvalue weighted by Gasteiger charge is -1.98. The third kappa shape index (κ3) is 4.62. The topological polar surface area (TPSA) is 80.9 Å². The minimum Gasteiger partial charge on any atom is -0.360 e. The number of thioether (sulfide) groups is 1. The van der Waals surface area contributed by atoms with Crippen molar-refractivity contribution >= 4 is 34.8 Å². The third-order valence-corrected chi connectivity index (χ3v) is 5.00. The smallest absolute Gasteiger partial charge is 0.236 e. The molecule has 1 aromatic carbocycles. The van der Waals surface area contributed by atoms with Gasteiger partial charge in [-0.2, -0.15) is 0 Å². The molecule has 0 aliphatic rings. The summed E-state index contributed by atoms with van der Waals surface area (Å²) in [5.41, 5.74) is 0.961. The monoisotopic (exact) mass is 364 g/mol. The first-order valence-electron chi connectivity index (χ1n) is 7.01. The molecular weight excluding hydrogens is 351 g/mol. The molecule has 0 aliphatic heterocycles. The van der Waals surface area contributed by atoms with Crippen molar-refractivity contribution in [3.8, 4) is 0 Å². The normalized spacial score (nSPS) is 10.8. The minimum absolute atomic E-state index is 0.191. The van der Waals surface area contributed by atoms with Crippen LogP contribution < -0.4 is 5.32 Å². The molecule has 24 heavy (non-hydrogen) atoms. The van der Waals surface area contributed by atoms with Gasteiger partial charge >= 0.3 is 0 Å². The van der Waals surface area contributed by atoms with Crippen molar-refractivity contribution in [1.82, 2.24) is 15.4 Å². The Morgan fingerprint density at radius 1 is 1.33 bits per heavy atom. The lowest BCUT2D eigenvalue weighted by Crippen LogP contribution is -2.14. The highest BCUT2D eigenvalue weighted by molar-refractivity contribution is 8.01. The number of aryl methyl sites for hydroxylation is 1. The van der Waals surface area contributed by atoms with Crippen LogP contribution in [0.1, 0.15) is 16.3 Å². The average molecular weight is 364 g/mol. The summed E-state index contributed by atoms with van der Waals surface area (Å²) in [7, 11) is 0. The first-order chi connectivity index (χ1) is 11.6. The van der Waals surface area contributed by atoms with Gasteiger partial charge in [-0.25, -0.2) is 4.39 Å². The van der Waals surface area contributed by atoms with Crippen molar-refractivity contribution in [2.24, 2.45) is 0 Å². The van der Waals surface area contributed by atoms with Crippen molar-refractivity contribution in [3.63, 3.8) is 0 Å². The zero-order chi connectivity index (χ0) is 16.9. The Morgan fingerprint density at radius 3 is 2.83 bits per heavy atom. The second kappa shape index (κ2) is 7.54. The highest BCUT2D eigenvalue weighted by Crippen LogP contribution is 2.24. The van der Waals surface area contributed by atoms with E-state index in [9.17, 15) is 9.18 Å². The molecule has 0 radical (unpaired) electrons. The molecule has 0 unspecified atom stereocenters. The van der Waals surface area contributed by atoms with E-state index in [0.717, 1.165) is 10.6 Å². The average Bonchev–Trinajstić information content (AvgIpc) is 3.17. The molecule has 0 saturated heterocycles. The van der Waals surface area contributed by atoms with Crippen molar-refractivity contribution in [1.29, 1.82) is 0 Å². The molecule has 0 bridgehead atoms. The number of carbonyl (C=O) groups excluding carboxylic acids is 1. The van der Waals surface area contributed by atoms with E-state index in [1.54, 1.807) is 25.1 Å². The second-order valence-electron chi connectivity index (χ2n) is 4.92. The first-order valence-corrected chi connectivity index (χ1v) is 8.81. The van der Waals surface area contributed by atoms with Crippen LogP contribution >= 0.6 is 23.1 Å². The maximum Gasteiger partial charge on any atom is 0.236 e. The van der Waals surface area contributed by atoms with Gasteiger partial charge in [-0.3, -0.25) is 4.79 Å². The molecule has 2 heterocycles. The van der Waals surface area contributed by atoms with Crippen molar-refractivity contribution in [2.75, 3.05) is 11.1 Å². The van der Waals surface area contributed by atoms with Crippen LogP contribution in [0.2, 0.25) is 0 Å². The fourth-order valence-electron chi connectivity index (χ4n) is 1.88. The van der Waals surface area contributed by atoms with Crippen LogP contribution in [-0.2, 0) is 11.2 Å². The molecule has 0 atom stereocenters. The first kappa shape index (κ1) is 16.6. The van der Waals surface area contributed by atoms with Gasteiger partial charge in [0.2, 0.25) is 5.91 Å². The van der Waals surface area contributed by atoms with E-state index in [1.807, 2.05) is 0 Å². The summed E-state index contributed by atoms with van der Waals surface area (Å²) in [4.78, 5) is 11.8. The highest BCUT2D eigenvalue weighted by Gasteiger charge is 2.10. The number of aromatic nitrogens is 3. The fourth-order valence-corrected chi connectivity index (χ4v) is 3.61. The number of halogens is 1. The van der Waals surface area contributed by atoms with Crippen LogP contribution in [0, 0.1) is 12.7 Å². The highest BCUT2D eigenvalue weighted by atomic mass is 32.2. The van der Waals surface area contributed by atoms with E-state index in [0.29, 0.717) is 22.3 Å².